The Balaban J connectivity index is 1.74. The quantitative estimate of drug-likeness (QED) is 0.619. The monoisotopic (exact) mass is 466 g/mol. The lowest BCUT2D eigenvalue weighted by molar-refractivity contribution is -0.274. The van der Waals surface area contributed by atoms with E-state index in [1.54, 1.807) is 32.9 Å². The topological polar surface area (TPSA) is 110 Å². The molecule has 9 nitrogen and oxygen atoms in total. The molecule has 2 aromatic rings. The van der Waals surface area contributed by atoms with Crippen LogP contribution >= 0.6 is 0 Å². The van der Waals surface area contributed by atoms with Crippen molar-refractivity contribution in [3.8, 4) is 5.75 Å². The number of pyridine rings is 1. The normalized spacial score (nSPS) is 17.1. The van der Waals surface area contributed by atoms with Crippen molar-refractivity contribution in [2.75, 3.05) is 10.2 Å². The van der Waals surface area contributed by atoms with Crippen LogP contribution in [0.5, 0.6) is 5.75 Å². The molecule has 1 saturated heterocycles. The molecule has 0 bridgehead atoms. The van der Waals surface area contributed by atoms with Gasteiger partial charge in [-0.3, -0.25) is 10.1 Å². The number of alkyl halides is 3. The Kier molecular flexibility index (Phi) is 6.75. The van der Waals surface area contributed by atoms with Crippen LogP contribution in [0.4, 0.5) is 34.3 Å². The van der Waals surface area contributed by atoms with E-state index in [9.17, 15) is 27.6 Å². The van der Waals surface area contributed by atoms with Gasteiger partial charge in [0.05, 0.1) is 11.8 Å². The van der Waals surface area contributed by atoms with Gasteiger partial charge in [0.15, 0.2) is 0 Å². The van der Waals surface area contributed by atoms with Crippen LogP contribution in [0.25, 0.3) is 0 Å². The fourth-order valence-electron chi connectivity index (χ4n) is 3.22. The number of hydrogen-bond acceptors (Lipinski definition) is 6. The smallest absolute Gasteiger partial charge is 0.447 e. The number of ether oxygens (including phenoxy) is 2. The molecule has 1 aromatic heterocycles. The summed E-state index contributed by atoms with van der Waals surface area (Å²) in [5.74, 6) is -1.36. The second-order valence-corrected chi connectivity index (χ2v) is 7.48. The van der Waals surface area contributed by atoms with E-state index < -0.39 is 42.1 Å². The summed E-state index contributed by atoms with van der Waals surface area (Å²) in [5.41, 5.74) is 0.703. The van der Waals surface area contributed by atoms with Gasteiger partial charge in [-0.15, -0.1) is 13.2 Å². The van der Waals surface area contributed by atoms with Gasteiger partial charge in [0, 0.05) is 12.1 Å². The molecule has 0 aliphatic carbocycles. The van der Waals surface area contributed by atoms with Gasteiger partial charge in [0.25, 0.3) is 5.91 Å². The number of urea groups is 1. The molecule has 33 heavy (non-hydrogen) atoms. The predicted octanol–water partition coefficient (Wildman–Crippen LogP) is 4.17. The fraction of sp³-hybridized carbons (Fsp3) is 0.333. The standard InChI is InChI=1S/C21H21F3N4O5/c1-11(2)32-20(31)26-16-10-13(8-9-25-16)12(3)17-18(29)28(19(30)27-17)14-4-6-15(7-5-14)33-21(22,23)24/h4-12,17H,1-3H3,(H,27,30)(H,25,26,31). The van der Waals surface area contributed by atoms with Crippen molar-refractivity contribution in [3.63, 3.8) is 0 Å². The number of nitrogens with zero attached hydrogens (tertiary/aromatic N) is 2. The minimum absolute atomic E-state index is 0.0928. The summed E-state index contributed by atoms with van der Waals surface area (Å²) in [4.78, 5) is 42.1. The first-order valence-corrected chi connectivity index (χ1v) is 9.88. The number of nitrogens with one attached hydrogen (secondary N) is 2. The first-order chi connectivity index (χ1) is 15.4. The van der Waals surface area contributed by atoms with E-state index >= 15 is 0 Å². The number of carbonyl (C=O) groups excluding carboxylic acids is 3. The van der Waals surface area contributed by atoms with E-state index in [0.29, 0.717) is 5.56 Å². The minimum Gasteiger partial charge on any atom is -0.447 e. The van der Waals surface area contributed by atoms with E-state index in [1.807, 2.05) is 0 Å². The molecule has 2 N–H and O–H groups in total. The zero-order chi connectivity index (χ0) is 24.3. The average molecular weight is 466 g/mol. The van der Waals surface area contributed by atoms with Crippen LogP contribution in [-0.2, 0) is 9.53 Å². The number of rotatable bonds is 6. The first kappa shape index (κ1) is 23.8. The molecule has 1 aliphatic heterocycles. The van der Waals surface area contributed by atoms with Crippen molar-refractivity contribution in [2.24, 2.45) is 0 Å². The second-order valence-electron chi connectivity index (χ2n) is 7.48. The van der Waals surface area contributed by atoms with E-state index in [1.165, 1.54) is 18.3 Å². The molecule has 12 heteroatoms. The number of amides is 4. The summed E-state index contributed by atoms with van der Waals surface area (Å²) in [6, 6.07) is 5.91. The largest absolute Gasteiger partial charge is 0.573 e. The van der Waals surface area contributed by atoms with Gasteiger partial charge in [-0.1, -0.05) is 6.92 Å². The van der Waals surface area contributed by atoms with Crippen molar-refractivity contribution in [1.29, 1.82) is 0 Å². The molecule has 2 atom stereocenters. The third kappa shape index (κ3) is 5.90. The Morgan fingerprint density at radius 2 is 1.82 bits per heavy atom. The van der Waals surface area contributed by atoms with Crippen LogP contribution in [0.2, 0.25) is 0 Å². The molecule has 0 spiro atoms. The summed E-state index contributed by atoms with van der Waals surface area (Å²) in [5, 5.41) is 5.07. The van der Waals surface area contributed by atoms with Gasteiger partial charge in [0.1, 0.15) is 17.6 Å². The first-order valence-electron chi connectivity index (χ1n) is 9.88. The Labute approximate surface area is 186 Å². The van der Waals surface area contributed by atoms with Crippen LogP contribution in [0.3, 0.4) is 0 Å². The maximum atomic E-state index is 13.0. The minimum atomic E-state index is -4.85. The van der Waals surface area contributed by atoms with E-state index in [2.05, 4.69) is 20.4 Å². The fourth-order valence-corrected chi connectivity index (χ4v) is 3.22. The van der Waals surface area contributed by atoms with Crippen LogP contribution in [0.1, 0.15) is 32.3 Å². The van der Waals surface area contributed by atoms with Crippen LogP contribution in [-0.4, -0.2) is 41.5 Å². The number of hydrogen-bond donors (Lipinski definition) is 2. The third-order valence-electron chi connectivity index (χ3n) is 4.68. The molecule has 176 valence electrons. The summed E-state index contributed by atoms with van der Waals surface area (Å²) >= 11 is 0. The van der Waals surface area contributed by atoms with Gasteiger partial charge >= 0.3 is 18.5 Å². The van der Waals surface area contributed by atoms with Crippen LogP contribution < -0.4 is 20.3 Å². The maximum Gasteiger partial charge on any atom is 0.573 e. The molecule has 4 amide bonds. The SMILES string of the molecule is CC(C)OC(=O)Nc1cc(C(C)C2NC(=O)N(c3ccc(OC(F)(F)F)cc3)C2=O)ccn1. The number of carbonyl (C=O) groups is 3. The lowest BCUT2D eigenvalue weighted by atomic mass is 9.94. The number of aromatic nitrogens is 1. The Hall–Kier alpha value is -3.83. The van der Waals surface area contributed by atoms with E-state index in [0.717, 1.165) is 17.0 Å². The van der Waals surface area contributed by atoms with Gasteiger partial charge in [0.2, 0.25) is 0 Å². The number of anilines is 2. The van der Waals surface area contributed by atoms with Crippen LogP contribution in [0.15, 0.2) is 42.6 Å². The van der Waals surface area contributed by atoms with Gasteiger partial charge in [-0.05, 0) is 55.8 Å². The molecule has 0 saturated carbocycles. The lowest BCUT2D eigenvalue weighted by Gasteiger charge is -2.19. The average Bonchev–Trinajstić information content (AvgIpc) is 3.00. The van der Waals surface area contributed by atoms with Crippen molar-refractivity contribution in [1.82, 2.24) is 10.3 Å². The second kappa shape index (κ2) is 9.35. The molecule has 2 unspecified atom stereocenters. The molecule has 1 aliphatic rings. The molecular weight excluding hydrogens is 445 g/mol. The van der Waals surface area contributed by atoms with Gasteiger partial charge in [-0.2, -0.15) is 0 Å². The summed E-state index contributed by atoms with van der Waals surface area (Å²) < 4.78 is 45.8. The molecule has 3 rings (SSSR count). The summed E-state index contributed by atoms with van der Waals surface area (Å²) in [7, 11) is 0. The Bertz CT molecular complexity index is 1040. The molecule has 0 radical (unpaired) electrons. The van der Waals surface area contributed by atoms with Crippen molar-refractivity contribution >= 4 is 29.5 Å². The molecule has 1 aromatic carbocycles. The highest BCUT2D eigenvalue weighted by atomic mass is 19.4. The molecule has 1 fully saturated rings. The lowest BCUT2D eigenvalue weighted by Crippen LogP contribution is -2.35. The summed E-state index contributed by atoms with van der Waals surface area (Å²) in [6.45, 7) is 5.10. The third-order valence-corrected chi connectivity index (χ3v) is 4.68. The number of imide groups is 1. The highest BCUT2D eigenvalue weighted by Crippen LogP contribution is 2.30. The maximum absolute atomic E-state index is 13.0. The zero-order valence-corrected chi connectivity index (χ0v) is 17.8. The number of halogens is 3. The summed E-state index contributed by atoms with van der Waals surface area (Å²) in [6.07, 6.45) is -4.42. The van der Waals surface area contributed by atoms with Gasteiger partial charge < -0.3 is 14.8 Å². The van der Waals surface area contributed by atoms with E-state index in [-0.39, 0.29) is 17.6 Å². The Morgan fingerprint density at radius 3 is 2.42 bits per heavy atom. The zero-order valence-electron chi connectivity index (χ0n) is 17.8. The number of benzene rings is 1. The van der Waals surface area contributed by atoms with Crippen molar-refractivity contribution in [2.45, 2.75) is 45.2 Å². The van der Waals surface area contributed by atoms with Crippen molar-refractivity contribution < 1.29 is 37.0 Å². The predicted molar refractivity (Wildman–Crippen MR) is 111 cm³/mol. The van der Waals surface area contributed by atoms with E-state index in [4.69, 9.17) is 4.74 Å². The van der Waals surface area contributed by atoms with Crippen molar-refractivity contribution in [3.05, 3.63) is 48.2 Å². The highest BCUT2D eigenvalue weighted by molar-refractivity contribution is 6.21. The molecule has 2 heterocycles. The van der Waals surface area contributed by atoms with Gasteiger partial charge in [-0.25, -0.2) is 19.5 Å². The highest BCUT2D eigenvalue weighted by Gasteiger charge is 2.42. The molecular formula is C21H21F3N4O5. The van der Waals surface area contributed by atoms with Crippen LogP contribution in [0, 0.1) is 0 Å². The Morgan fingerprint density at radius 1 is 1.15 bits per heavy atom.